The van der Waals surface area contributed by atoms with Gasteiger partial charge in [0.1, 0.15) is 5.82 Å². The Morgan fingerprint density at radius 1 is 1.17 bits per heavy atom. The van der Waals surface area contributed by atoms with Crippen LogP contribution in [0.1, 0.15) is 53.0 Å². The first kappa shape index (κ1) is 24.0. The number of rotatable bonds is 6. The van der Waals surface area contributed by atoms with Gasteiger partial charge >= 0.3 is 0 Å². The molecule has 0 radical (unpaired) electrons. The Kier molecular flexibility index (Phi) is 6.27. The Bertz CT molecular complexity index is 1610. The molecule has 36 heavy (non-hydrogen) atoms. The third-order valence-corrected chi connectivity index (χ3v) is 8.36. The van der Waals surface area contributed by atoms with Crippen molar-refractivity contribution in [2.75, 3.05) is 13.1 Å². The minimum absolute atomic E-state index is 0.0770. The highest BCUT2D eigenvalue weighted by Gasteiger charge is 2.32. The zero-order valence-electron chi connectivity index (χ0n) is 20.0. The van der Waals surface area contributed by atoms with Gasteiger partial charge in [-0.1, -0.05) is 47.2 Å². The van der Waals surface area contributed by atoms with E-state index in [1.165, 1.54) is 23.4 Å². The average Bonchev–Trinajstić information content (AvgIpc) is 3.28. The number of fused-ring (bicyclic) bond motifs is 1. The average molecular weight is 507 g/mol. The molecular weight excluding hydrogens is 480 g/mol. The summed E-state index contributed by atoms with van der Waals surface area (Å²) in [5.41, 5.74) is 2.59. The van der Waals surface area contributed by atoms with Crippen LogP contribution in [0.25, 0.3) is 11.2 Å². The van der Waals surface area contributed by atoms with Crippen LogP contribution in [0.5, 0.6) is 0 Å². The molecule has 3 heterocycles. The number of hydrogen-bond acceptors (Lipinski definition) is 7. The fraction of sp³-hybridized carbons (Fsp3) is 0.320. The lowest BCUT2D eigenvalue weighted by Crippen LogP contribution is -2.40. The molecule has 0 spiro atoms. The van der Waals surface area contributed by atoms with Crippen LogP contribution < -0.4 is 5.56 Å². The second-order valence-electron chi connectivity index (χ2n) is 9.14. The molecule has 10 nitrogen and oxygen atoms in total. The lowest BCUT2D eigenvalue weighted by atomic mass is 9.99. The second-order valence-corrected chi connectivity index (χ2v) is 11.1. The highest BCUT2D eigenvalue weighted by Crippen LogP contribution is 2.29. The van der Waals surface area contributed by atoms with Gasteiger partial charge in [-0.15, -0.1) is 5.10 Å². The Balaban J connectivity index is 1.44. The lowest BCUT2D eigenvalue weighted by molar-refractivity contribution is 0.101. The maximum atomic E-state index is 13.4. The van der Waals surface area contributed by atoms with Crippen LogP contribution in [0.2, 0.25) is 0 Å². The van der Waals surface area contributed by atoms with Gasteiger partial charge in [-0.2, -0.15) is 4.31 Å². The van der Waals surface area contributed by atoms with Crippen LogP contribution in [0.15, 0.2) is 58.2 Å². The molecule has 1 fully saturated rings. The number of nitrogens with zero attached hydrogens (tertiary/aromatic N) is 5. The van der Waals surface area contributed by atoms with Gasteiger partial charge in [-0.3, -0.25) is 9.59 Å². The smallest absolute Gasteiger partial charge is 0.281 e. The summed E-state index contributed by atoms with van der Waals surface area (Å²) in [5, 5.41) is 8.13. The molecular formula is C25H26N6O4S. The number of carbonyl (C=O) groups is 1. The third-order valence-electron chi connectivity index (χ3n) is 6.49. The van der Waals surface area contributed by atoms with Gasteiger partial charge in [0.05, 0.1) is 11.4 Å². The van der Waals surface area contributed by atoms with E-state index >= 15 is 0 Å². The monoisotopic (exact) mass is 506 g/mol. The summed E-state index contributed by atoms with van der Waals surface area (Å²) in [7, 11) is -3.82. The van der Waals surface area contributed by atoms with E-state index < -0.39 is 15.6 Å². The van der Waals surface area contributed by atoms with Crippen molar-refractivity contribution in [3.63, 3.8) is 0 Å². The number of ketones is 1. The van der Waals surface area contributed by atoms with Gasteiger partial charge in [-0.25, -0.2) is 18.1 Å². The molecule has 0 aliphatic carbocycles. The standard InChI is InChI=1S/C25H26N6O4S/c1-16-8-10-18(11-9-16)14-31-24-22(28-29-31)25(33)27-23(26-24)20-6-4-12-30(15-20)36(34,35)21-7-3-5-19(13-21)17(2)32/h3,5,7-11,13,20H,4,6,12,14-15H2,1-2H3,(H,26,27,33)/t20-/m0/s1. The number of benzene rings is 2. The van der Waals surface area contributed by atoms with E-state index in [9.17, 15) is 18.0 Å². The number of carbonyl (C=O) groups excluding carboxylic acids is 1. The number of piperidine rings is 1. The minimum atomic E-state index is -3.82. The molecule has 0 unspecified atom stereocenters. The molecule has 186 valence electrons. The van der Waals surface area contributed by atoms with Crippen molar-refractivity contribution in [2.45, 2.75) is 44.0 Å². The van der Waals surface area contributed by atoms with Crippen molar-refractivity contribution >= 4 is 27.0 Å². The summed E-state index contributed by atoms with van der Waals surface area (Å²) in [6.45, 7) is 4.34. The number of aromatic nitrogens is 5. The molecule has 0 amide bonds. The molecule has 0 saturated carbocycles. The Labute approximate surface area is 208 Å². The summed E-state index contributed by atoms with van der Waals surface area (Å²) in [4.78, 5) is 32.1. The van der Waals surface area contributed by atoms with E-state index in [4.69, 9.17) is 0 Å². The van der Waals surface area contributed by atoms with E-state index in [0.29, 0.717) is 43.0 Å². The molecule has 0 bridgehead atoms. The fourth-order valence-electron chi connectivity index (χ4n) is 4.46. The molecule has 1 atom stereocenters. The van der Waals surface area contributed by atoms with Crippen molar-refractivity contribution in [1.29, 1.82) is 0 Å². The molecule has 1 saturated heterocycles. The molecule has 4 aromatic rings. The van der Waals surface area contributed by atoms with Crippen LogP contribution in [-0.4, -0.2) is 56.6 Å². The largest absolute Gasteiger partial charge is 0.308 e. The molecule has 1 N–H and O–H groups in total. The number of Topliss-reactive ketones (excluding diaryl/α,β-unsaturated/α-hetero) is 1. The molecule has 2 aromatic carbocycles. The van der Waals surface area contributed by atoms with Gasteiger partial charge in [-0.05, 0) is 44.4 Å². The highest BCUT2D eigenvalue weighted by molar-refractivity contribution is 7.89. The first-order valence-electron chi connectivity index (χ1n) is 11.7. The van der Waals surface area contributed by atoms with E-state index in [-0.39, 0.29) is 28.7 Å². The van der Waals surface area contributed by atoms with Gasteiger partial charge in [0, 0.05) is 24.6 Å². The summed E-state index contributed by atoms with van der Waals surface area (Å²) in [5.74, 6) is -0.0869. The highest BCUT2D eigenvalue weighted by atomic mass is 32.2. The van der Waals surface area contributed by atoms with Crippen molar-refractivity contribution in [3.05, 3.63) is 81.4 Å². The van der Waals surface area contributed by atoms with Crippen molar-refractivity contribution in [1.82, 2.24) is 29.3 Å². The number of aryl methyl sites for hydroxylation is 1. The van der Waals surface area contributed by atoms with Crippen LogP contribution in [0, 0.1) is 6.92 Å². The topological polar surface area (TPSA) is 131 Å². The Morgan fingerprint density at radius 2 is 1.94 bits per heavy atom. The quantitative estimate of drug-likeness (QED) is 0.398. The van der Waals surface area contributed by atoms with Crippen molar-refractivity contribution in [3.8, 4) is 0 Å². The summed E-state index contributed by atoms with van der Waals surface area (Å²) in [6.07, 6.45) is 1.28. The normalized spacial score (nSPS) is 16.9. The molecule has 1 aliphatic rings. The number of aromatic amines is 1. The van der Waals surface area contributed by atoms with Gasteiger partial charge in [0.2, 0.25) is 10.0 Å². The summed E-state index contributed by atoms with van der Waals surface area (Å²) < 4.78 is 29.7. The molecule has 1 aliphatic heterocycles. The zero-order chi connectivity index (χ0) is 25.4. The Hall–Kier alpha value is -3.70. The second kappa shape index (κ2) is 9.40. The predicted molar refractivity (Wildman–Crippen MR) is 133 cm³/mol. The number of hydrogen-bond donors (Lipinski definition) is 1. The van der Waals surface area contributed by atoms with Crippen molar-refractivity contribution < 1.29 is 13.2 Å². The first-order valence-corrected chi connectivity index (χ1v) is 13.2. The zero-order valence-corrected chi connectivity index (χ0v) is 20.8. The van der Waals surface area contributed by atoms with E-state index in [1.54, 1.807) is 16.8 Å². The van der Waals surface area contributed by atoms with Crippen LogP contribution in [-0.2, 0) is 16.6 Å². The van der Waals surface area contributed by atoms with E-state index in [1.807, 2.05) is 31.2 Å². The number of nitrogens with one attached hydrogen (secondary N) is 1. The van der Waals surface area contributed by atoms with Gasteiger partial charge < -0.3 is 4.98 Å². The fourth-order valence-corrected chi connectivity index (χ4v) is 6.03. The van der Waals surface area contributed by atoms with Crippen molar-refractivity contribution in [2.24, 2.45) is 0 Å². The maximum Gasteiger partial charge on any atom is 0.281 e. The van der Waals surface area contributed by atoms with E-state index in [0.717, 1.165) is 11.1 Å². The van der Waals surface area contributed by atoms with Crippen LogP contribution in [0.4, 0.5) is 0 Å². The number of sulfonamides is 1. The molecule has 5 rings (SSSR count). The number of H-pyrrole nitrogens is 1. The van der Waals surface area contributed by atoms with Crippen LogP contribution in [0.3, 0.4) is 0 Å². The SMILES string of the molecule is CC(=O)c1cccc(S(=O)(=O)N2CCC[C@H](c3nc4c(nnn4Cc4ccc(C)cc4)c(=O)[nH]3)C2)c1. The summed E-state index contributed by atoms with van der Waals surface area (Å²) >= 11 is 0. The third kappa shape index (κ3) is 4.59. The van der Waals surface area contributed by atoms with Gasteiger partial charge in [0.25, 0.3) is 5.56 Å². The molecule has 2 aromatic heterocycles. The minimum Gasteiger partial charge on any atom is -0.308 e. The van der Waals surface area contributed by atoms with Crippen LogP contribution >= 0.6 is 0 Å². The lowest BCUT2D eigenvalue weighted by Gasteiger charge is -2.31. The molecule has 11 heteroatoms. The van der Waals surface area contributed by atoms with E-state index in [2.05, 4.69) is 20.3 Å². The maximum absolute atomic E-state index is 13.4. The summed E-state index contributed by atoms with van der Waals surface area (Å²) in [6, 6.07) is 14.0. The first-order chi connectivity index (χ1) is 17.2. The van der Waals surface area contributed by atoms with Gasteiger partial charge in [0.15, 0.2) is 16.9 Å². The Morgan fingerprint density at radius 3 is 2.69 bits per heavy atom. The predicted octanol–water partition coefficient (Wildman–Crippen LogP) is 2.64.